The quantitative estimate of drug-likeness (QED) is 0.368. The lowest BCUT2D eigenvalue weighted by atomic mass is 10.1. The number of methoxy groups -OCH3 is 2. The highest BCUT2D eigenvalue weighted by molar-refractivity contribution is 9.10. The summed E-state index contributed by atoms with van der Waals surface area (Å²) in [6.45, 7) is 1.06. The SMILES string of the molecule is COC1CN(c2ccc(/C(N)=N/O)c(Br)c2F)CC1OC. The van der Waals surface area contributed by atoms with Gasteiger partial charge in [-0.3, -0.25) is 0 Å². The van der Waals surface area contributed by atoms with Crippen LogP contribution in [-0.4, -0.2) is 50.6 Å². The third kappa shape index (κ3) is 2.97. The second kappa shape index (κ2) is 6.59. The number of hydrogen-bond donors (Lipinski definition) is 2. The fourth-order valence-electron chi connectivity index (χ4n) is 2.43. The molecular weight excluding hydrogens is 345 g/mol. The molecule has 1 saturated heterocycles. The maximum atomic E-state index is 14.5. The van der Waals surface area contributed by atoms with Crippen LogP contribution >= 0.6 is 15.9 Å². The third-order valence-corrected chi connectivity index (χ3v) is 4.38. The molecule has 0 amide bonds. The van der Waals surface area contributed by atoms with Gasteiger partial charge < -0.3 is 25.3 Å². The molecule has 1 aliphatic rings. The van der Waals surface area contributed by atoms with Gasteiger partial charge in [0.05, 0.1) is 10.2 Å². The van der Waals surface area contributed by atoms with Crippen molar-refractivity contribution in [1.29, 1.82) is 0 Å². The molecule has 2 unspecified atom stereocenters. The van der Waals surface area contributed by atoms with Gasteiger partial charge in [-0.15, -0.1) is 0 Å². The molecular formula is C13H17BrFN3O3. The number of rotatable bonds is 4. The maximum absolute atomic E-state index is 14.5. The Kier molecular flexibility index (Phi) is 5.02. The topological polar surface area (TPSA) is 80.3 Å². The summed E-state index contributed by atoms with van der Waals surface area (Å²) in [6.07, 6.45) is -0.228. The van der Waals surface area contributed by atoms with Crippen LogP contribution in [0.5, 0.6) is 0 Å². The Morgan fingerprint density at radius 2 is 1.95 bits per heavy atom. The predicted octanol–water partition coefficient (Wildman–Crippen LogP) is 1.53. The number of benzene rings is 1. The summed E-state index contributed by atoms with van der Waals surface area (Å²) in [5, 5.41) is 11.6. The standard InChI is InChI=1S/C13H17BrFN3O3/c1-20-9-5-18(6-10(9)21-2)8-4-3-7(13(16)17-19)11(14)12(8)15/h3-4,9-10,19H,5-6H2,1-2H3,(H2,16,17). The molecule has 1 aliphatic heterocycles. The minimum atomic E-state index is -0.467. The molecule has 3 N–H and O–H groups in total. The number of amidine groups is 1. The lowest BCUT2D eigenvalue weighted by Gasteiger charge is -2.20. The van der Waals surface area contributed by atoms with E-state index in [2.05, 4.69) is 21.1 Å². The Hall–Kier alpha value is -1.38. The second-order valence-corrected chi connectivity index (χ2v) is 5.49. The molecule has 0 aromatic heterocycles. The summed E-state index contributed by atoms with van der Waals surface area (Å²) in [6, 6.07) is 3.19. The lowest BCUT2D eigenvalue weighted by Crippen LogP contribution is -2.27. The molecule has 2 atom stereocenters. The summed E-state index contributed by atoms with van der Waals surface area (Å²) >= 11 is 3.15. The van der Waals surface area contributed by atoms with E-state index in [1.165, 1.54) is 0 Å². The third-order valence-electron chi connectivity index (χ3n) is 3.61. The smallest absolute Gasteiger partial charge is 0.171 e. The average Bonchev–Trinajstić information content (AvgIpc) is 2.92. The van der Waals surface area contributed by atoms with Gasteiger partial charge in [-0.05, 0) is 28.1 Å². The highest BCUT2D eigenvalue weighted by Gasteiger charge is 2.34. The highest BCUT2D eigenvalue weighted by atomic mass is 79.9. The van der Waals surface area contributed by atoms with Crippen LogP contribution in [0.4, 0.5) is 10.1 Å². The number of oxime groups is 1. The lowest BCUT2D eigenvalue weighted by molar-refractivity contribution is -0.00461. The largest absolute Gasteiger partial charge is 0.409 e. The molecule has 21 heavy (non-hydrogen) atoms. The Morgan fingerprint density at radius 3 is 2.43 bits per heavy atom. The van der Waals surface area contributed by atoms with Gasteiger partial charge >= 0.3 is 0 Å². The molecule has 2 rings (SSSR count). The first-order chi connectivity index (χ1) is 10.0. The van der Waals surface area contributed by atoms with E-state index >= 15 is 0 Å². The van der Waals surface area contributed by atoms with Crippen LogP contribution in [0, 0.1) is 5.82 Å². The molecule has 8 heteroatoms. The van der Waals surface area contributed by atoms with Crippen molar-refractivity contribution >= 4 is 27.5 Å². The van der Waals surface area contributed by atoms with E-state index < -0.39 is 5.82 Å². The minimum absolute atomic E-state index is 0.114. The molecule has 0 bridgehead atoms. The van der Waals surface area contributed by atoms with Crippen LogP contribution in [-0.2, 0) is 9.47 Å². The zero-order chi connectivity index (χ0) is 15.6. The van der Waals surface area contributed by atoms with E-state index in [-0.39, 0.29) is 22.5 Å². The van der Waals surface area contributed by atoms with Crippen LogP contribution < -0.4 is 10.6 Å². The molecule has 1 fully saturated rings. The first-order valence-corrected chi connectivity index (χ1v) is 7.09. The van der Waals surface area contributed by atoms with Crippen molar-refractivity contribution in [3.05, 3.63) is 28.0 Å². The summed E-state index contributed by atoms with van der Waals surface area (Å²) in [4.78, 5) is 1.85. The van der Waals surface area contributed by atoms with Crippen molar-refractivity contribution in [2.75, 3.05) is 32.2 Å². The van der Waals surface area contributed by atoms with E-state index in [9.17, 15) is 4.39 Å². The van der Waals surface area contributed by atoms with Crippen molar-refractivity contribution in [3.8, 4) is 0 Å². The molecule has 0 spiro atoms. The number of hydrogen-bond acceptors (Lipinski definition) is 5. The maximum Gasteiger partial charge on any atom is 0.171 e. The van der Waals surface area contributed by atoms with Crippen molar-refractivity contribution < 1.29 is 19.1 Å². The van der Waals surface area contributed by atoms with E-state index in [0.717, 1.165) is 0 Å². The Labute approximate surface area is 130 Å². The van der Waals surface area contributed by atoms with Crippen LogP contribution in [0.25, 0.3) is 0 Å². The summed E-state index contributed by atoms with van der Waals surface area (Å²) in [5.41, 5.74) is 6.22. The summed E-state index contributed by atoms with van der Waals surface area (Å²) in [7, 11) is 3.21. The van der Waals surface area contributed by atoms with Crippen molar-refractivity contribution in [2.45, 2.75) is 12.2 Å². The number of nitrogens with two attached hydrogens (primary N) is 1. The van der Waals surface area contributed by atoms with Gasteiger partial charge in [0.25, 0.3) is 0 Å². The molecule has 1 aromatic rings. The zero-order valence-corrected chi connectivity index (χ0v) is 13.3. The van der Waals surface area contributed by atoms with Gasteiger partial charge in [-0.25, -0.2) is 4.39 Å². The number of nitrogens with zero attached hydrogens (tertiary/aromatic N) is 2. The fourth-order valence-corrected chi connectivity index (χ4v) is 2.97. The molecule has 1 heterocycles. The fraction of sp³-hybridized carbons (Fsp3) is 0.462. The normalized spacial score (nSPS) is 22.9. The summed E-state index contributed by atoms with van der Waals surface area (Å²) in [5.74, 6) is -0.621. The molecule has 6 nitrogen and oxygen atoms in total. The highest BCUT2D eigenvalue weighted by Crippen LogP contribution is 2.32. The Bertz CT molecular complexity index is 544. The van der Waals surface area contributed by atoms with Gasteiger partial charge in [0.2, 0.25) is 0 Å². The van der Waals surface area contributed by atoms with Crippen molar-refractivity contribution in [3.63, 3.8) is 0 Å². The second-order valence-electron chi connectivity index (χ2n) is 4.70. The van der Waals surface area contributed by atoms with Crippen LogP contribution in [0.15, 0.2) is 21.8 Å². The molecule has 0 saturated carbocycles. The van der Waals surface area contributed by atoms with Gasteiger partial charge in [-0.1, -0.05) is 5.16 Å². The number of halogens is 2. The van der Waals surface area contributed by atoms with Gasteiger partial charge in [0.15, 0.2) is 11.7 Å². The van der Waals surface area contributed by atoms with Crippen LogP contribution in [0.1, 0.15) is 5.56 Å². The Morgan fingerprint density at radius 1 is 1.38 bits per heavy atom. The number of anilines is 1. The van der Waals surface area contributed by atoms with Crippen LogP contribution in [0.3, 0.4) is 0 Å². The summed E-state index contributed by atoms with van der Waals surface area (Å²) < 4.78 is 25.4. The van der Waals surface area contributed by atoms with Gasteiger partial charge in [0, 0.05) is 32.9 Å². The number of ether oxygens (including phenoxy) is 2. The van der Waals surface area contributed by atoms with E-state index in [0.29, 0.717) is 24.3 Å². The van der Waals surface area contributed by atoms with Crippen molar-refractivity contribution in [1.82, 2.24) is 0 Å². The van der Waals surface area contributed by atoms with Crippen LogP contribution in [0.2, 0.25) is 0 Å². The predicted molar refractivity (Wildman–Crippen MR) is 80.4 cm³/mol. The van der Waals surface area contributed by atoms with Crippen molar-refractivity contribution in [2.24, 2.45) is 10.9 Å². The Balaban J connectivity index is 2.32. The first kappa shape index (κ1) is 16.0. The van der Waals surface area contributed by atoms with Gasteiger partial charge in [-0.2, -0.15) is 0 Å². The minimum Gasteiger partial charge on any atom is -0.409 e. The van der Waals surface area contributed by atoms with Gasteiger partial charge in [0.1, 0.15) is 12.2 Å². The monoisotopic (exact) mass is 361 g/mol. The zero-order valence-electron chi connectivity index (χ0n) is 11.7. The molecule has 0 aliphatic carbocycles. The molecule has 0 radical (unpaired) electrons. The van der Waals surface area contributed by atoms with E-state index in [4.69, 9.17) is 20.4 Å². The van der Waals surface area contributed by atoms with E-state index in [1.807, 2.05) is 4.90 Å². The first-order valence-electron chi connectivity index (χ1n) is 6.29. The molecule has 1 aromatic carbocycles. The average molecular weight is 362 g/mol. The van der Waals surface area contributed by atoms with E-state index in [1.54, 1.807) is 26.4 Å². The molecule has 116 valence electrons.